The van der Waals surface area contributed by atoms with Crippen molar-refractivity contribution >= 4 is 11.6 Å². The molecular weight excluding hydrogens is 242 g/mol. The van der Waals surface area contributed by atoms with E-state index in [1.165, 1.54) is 0 Å². The highest BCUT2D eigenvalue weighted by atomic mass is 16.5. The molecule has 5 nitrogen and oxygen atoms in total. The van der Waals surface area contributed by atoms with Gasteiger partial charge in [0.1, 0.15) is 0 Å². The van der Waals surface area contributed by atoms with Crippen LogP contribution < -0.4 is 11.1 Å². The molecule has 0 bridgehead atoms. The molecule has 1 aliphatic heterocycles. The van der Waals surface area contributed by atoms with Crippen LogP contribution in [0.15, 0.2) is 24.3 Å². The Morgan fingerprint density at radius 2 is 2.21 bits per heavy atom. The molecule has 1 fully saturated rings. The fourth-order valence-corrected chi connectivity index (χ4v) is 2.17. The Balaban J connectivity index is 1.83. The quantitative estimate of drug-likeness (QED) is 0.781. The van der Waals surface area contributed by atoms with Gasteiger partial charge in [-0.25, -0.2) is 0 Å². The average Bonchev–Trinajstić information content (AvgIpc) is 2.45. The minimum Gasteiger partial charge on any atom is -0.399 e. The minimum absolute atomic E-state index is 0.0457. The van der Waals surface area contributed by atoms with Crippen molar-refractivity contribution < 1.29 is 9.53 Å². The zero-order chi connectivity index (χ0) is 13.7. The number of hydrogen-bond donors (Lipinski definition) is 2. The predicted octanol–water partition coefficient (Wildman–Crippen LogP) is 0.606. The average molecular weight is 263 g/mol. The van der Waals surface area contributed by atoms with Gasteiger partial charge in [-0.15, -0.1) is 0 Å². The minimum atomic E-state index is -0.120. The summed E-state index contributed by atoms with van der Waals surface area (Å²) in [6, 6.07) is 7.43. The van der Waals surface area contributed by atoms with Crippen molar-refractivity contribution in [1.82, 2.24) is 10.2 Å². The van der Waals surface area contributed by atoms with E-state index in [1.54, 1.807) is 0 Å². The lowest BCUT2D eigenvalue weighted by atomic mass is 10.2. The molecule has 0 radical (unpaired) electrons. The van der Waals surface area contributed by atoms with Gasteiger partial charge in [0, 0.05) is 25.3 Å². The number of nitrogen functional groups attached to an aromatic ring is 1. The maximum atomic E-state index is 12.1. The van der Waals surface area contributed by atoms with Gasteiger partial charge in [-0.05, 0) is 24.6 Å². The van der Waals surface area contributed by atoms with E-state index in [4.69, 9.17) is 10.5 Å². The molecule has 1 aromatic carbocycles. The molecule has 1 atom stereocenters. The maximum absolute atomic E-state index is 12.1. The summed E-state index contributed by atoms with van der Waals surface area (Å²) in [6.07, 6.45) is 0. The third kappa shape index (κ3) is 3.94. The van der Waals surface area contributed by atoms with Gasteiger partial charge in [-0.3, -0.25) is 9.69 Å². The van der Waals surface area contributed by atoms with Gasteiger partial charge >= 0.3 is 0 Å². The molecule has 0 aromatic heterocycles. The van der Waals surface area contributed by atoms with Crippen molar-refractivity contribution in [3.8, 4) is 0 Å². The zero-order valence-corrected chi connectivity index (χ0v) is 11.3. The van der Waals surface area contributed by atoms with E-state index >= 15 is 0 Å². The summed E-state index contributed by atoms with van der Waals surface area (Å²) in [6.45, 7) is 5.47. The van der Waals surface area contributed by atoms with Crippen molar-refractivity contribution in [1.29, 1.82) is 0 Å². The molecule has 1 amide bonds. The Labute approximate surface area is 113 Å². The summed E-state index contributed by atoms with van der Waals surface area (Å²) in [7, 11) is 0. The second-order valence-electron chi connectivity index (χ2n) is 4.79. The molecule has 2 rings (SSSR count). The number of nitrogens with two attached hydrogens (primary N) is 1. The van der Waals surface area contributed by atoms with Gasteiger partial charge in [0.2, 0.25) is 5.91 Å². The van der Waals surface area contributed by atoms with Gasteiger partial charge in [-0.2, -0.15) is 0 Å². The van der Waals surface area contributed by atoms with E-state index in [-0.39, 0.29) is 11.9 Å². The first-order valence-electron chi connectivity index (χ1n) is 6.61. The van der Waals surface area contributed by atoms with Crippen LogP contribution in [0.3, 0.4) is 0 Å². The number of carbonyl (C=O) groups excluding carboxylic acids is 1. The topological polar surface area (TPSA) is 67.6 Å². The van der Waals surface area contributed by atoms with E-state index in [0.717, 1.165) is 18.7 Å². The van der Waals surface area contributed by atoms with Crippen LogP contribution in [0.4, 0.5) is 5.69 Å². The standard InChI is InChI=1S/C14H21N3O2/c1-11(17-5-7-19-8-6-17)14(18)16-10-12-3-2-4-13(15)9-12/h2-4,9,11H,5-8,10,15H2,1H3,(H,16,18). The Morgan fingerprint density at radius 3 is 2.89 bits per heavy atom. The molecule has 0 aliphatic carbocycles. The van der Waals surface area contributed by atoms with Gasteiger partial charge in [0.15, 0.2) is 0 Å². The van der Waals surface area contributed by atoms with Crippen LogP contribution in [-0.2, 0) is 16.1 Å². The van der Waals surface area contributed by atoms with E-state index < -0.39 is 0 Å². The zero-order valence-electron chi connectivity index (χ0n) is 11.3. The molecule has 5 heteroatoms. The number of carbonyl (C=O) groups is 1. The third-order valence-electron chi connectivity index (χ3n) is 3.39. The summed E-state index contributed by atoms with van der Waals surface area (Å²) in [5.41, 5.74) is 7.44. The normalized spacial score (nSPS) is 17.9. The summed E-state index contributed by atoms with van der Waals surface area (Å²) < 4.78 is 5.28. The van der Waals surface area contributed by atoms with E-state index in [1.807, 2.05) is 31.2 Å². The van der Waals surface area contributed by atoms with Crippen molar-refractivity contribution in [2.24, 2.45) is 0 Å². The lowest BCUT2D eigenvalue weighted by Gasteiger charge is -2.31. The fourth-order valence-electron chi connectivity index (χ4n) is 2.17. The SMILES string of the molecule is CC(C(=O)NCc1cccc(N)c1)N1CCOCC1. The molecule has 0 spiro atoms. The van der Waals surface area contributed by atoms with E-state index in [9.17, 15) is 4.79 Å². The molecular formula is C14H21N3O2. The van der Waals surface area contributed by atoms with Crippen molar-refractivity contribution in [3.63, 3.8) is 0 Å². The first-order chi connectivity index (χ1) is 9.16. The van der Waals surface area contributed by atoms with Crippen LogP contribution in [0.5, 0.6) is 0 Å². The molecule has 19 heavy (non-hydrogen) atoms. The van der Waals surface area contributed by atoms with Gasteiger partial charge in [0.25, 0.3) is 0 Å². The van der Waals surface area contributed by atoms with Gasteiger partial charge in [-0.1, -0.05) is 12.1 Å². The maximum Gasteiger partial charge on any atom is 0.237 e. The highest BCUT2D eigenvalue weighted by molar-refractivity contribution is 5.81. The smallest absolute Gasteiger partial charge is 0.237 e. The molecule has 1 heterocycles. The number of hydrogen-bond acceptors (Lipinski definition) is 4. The van der Waals surface area contributed by atoms with Crippen LogP contribution in [0.25, 0.3) is 0 Å². The lowest BCUT2D eigenvalue weighted by molar-refractivity contribution is -0.127. The largest absolute Gasteiger partial charge is 0.399 e. The number of anilines is 1. The molecule has 0 saturated carbocycles. The number of rotatable bonds is 4. The second-order valence-corrected chi connectivity index (χ2v) is 4.79. The molecule has 104 valence electrons. The number of amides is 1. The summed E-state index contributed by atoms with van der Waals surface area (Å²) in [5, 5.41) is 2.95. The van der Waals surface area contributed by atoms with Crippen LogP contribution in [0.1, 0.15) is 12.5 Å². The summed E-state index contributed by atoms with van der Waals surface area (Å²) >= 11 is 0. The highest BCUT2D eigenvalue weighted by Crippen LogP contribution is 2.07. The fraction of sp³-hybridized carbons (Fsp3) is 0.500. The molecule has 1 saturated heterocycles. The number of nitrogens with zero attached hydrogens (tertiary/aromatic N) is 1. The molecule has 3 N–H and O–H groups in total. The van der Waals surface area contributed by atoms with Crippen molar-refractivity contribution in [2.45, 2.75) is 19.5 Å². The highest BCUT2D eigenvalue weighted by Gasteiger charge is 2.22. The monoisotopic (exact) mass is 263 g/mol. The van der Waals surface area contributed by atoms with Gasteiger partial charge < -0.3 is 15.8 Å². The third-order valence-corrected chi connectivity index (χ3v) is 3.39. The molecule has 1 aliphatic rings. The lowest BCUT2D eigenvalue weighted by Crippen LogP contribution is -2.49. The Kier molecular flexibility index (Phi) is 4.76. The number of benzene rings is 1. The van der Waals surface area contributed by atoms with Crippen LogP contribution in [-0.4, -0.2) is 43.2 Å². The first-order valence-corrected chi connectivity index (χ1v) is 6.61. The summed E-state index contributed by atoms with van der Waals surface area (Å²) in [4.78, 5) is 14.2. The van der Waals surface area contributed by atoms with E-state index in [2.05, 4.69) is 10.2 Å². The second kappa shape index (κ2) is 6.54. The number of nitrogens with one attached hydrogen (secondary N) is 1. The van der Waals surface area contributed by atoms with Gasteiger partial charge in [0.05, 0.1) is 19.3 Å². The molecule has 1 aromatic rings. The summed E-state index contributed by atoms with van der Waals surface area (Å²) in [5.74, 6) is 0.0457. The Hall–Kier alpha value is -1.59. The Morgan fingerprint density at radius 1 is 1.47 bits per heavy atom. The van der Waals surface area contributed by atoms with Crippen molar-refractivity contribution in [3.05, 3.63) is 29.8 Å². The van der Waals surface area contributed by atoms with Crippen molar-refractivity contribution in [2.75, 3.05) is 32.0 Å². The Bertz CT molecular complexity index is 430. The first kappa shape index (κ1) is 13.8. The predicted molar refractivity (Wildman–Crippen MR) is 74.6 cm³/mol. The van der Waals surface area contributed by atoms with Crippen LogP contribution in [0, 0.1) is 0 Å². The molecule has 1 unspecified atom stereocenters. The van der Waals surface area contributed by atoms with Crippen LogP contribution >= 0.6 is 0 Å². The number of ether oxygens (including phenoxy) is 1. The van der Waals surface area contributed by atoms with Crippen LogP contribution in [0.2, 0.25) is 0 Å². The number of morpholine rings is 1. The van der Waals surface area contributed by atoms with E-state index in [0.29, 0.717) is 25.4 Å².